The van der Waals surface area contributed by atoms with Gasteiger partial charge in [0.1, 0.15) is 17.0 Å². The Balaban J connectivity index is 1.50. The van der Waals surface area contributed by atoms with E-state index in [1.165, 1.54) is 12.1 Å². The van der Waals surface area contributed by atoms with Crippen LogP contribution in [0.4, 0.5) is 19.0 Å². The number of rotatable bonds is 2. The molecule has 0 N–H and O–H groups in total. The number of hydrogen-bond donors (Lipinski definition) is 0. The third-order valence-corrected chi connectivity index (χ3v) is 5.05. The van der Waals surface area contributed by atoms with Crippen LogP contribution >= 0.6 is 0 Å². The number of anilines is 1. The lowest BCUT2D eigenvalue weighted by molar-refractivity contribution is -0.137. The van der Waals surface area contributed by atoms with E-state index in [0.717, 1.165) is 12.3 Å². The van der Waals surface area contributed by atoms with Gasteiger partial charge in [-0.15, -0.1) is 0 Å². The summed E-state index contributed by atoms with van der Waals surface area (Å²) in [6, 6.07) is 10.8. The maximum Gasteiger partial charge on any atom is 0.417 e. The quantitative estimate of drug-likeness (QED) is 0.597. The van der Waals surface area contributed by atoms with Gasteiger partial charge in [0.05, 0.1) is 5.56 Å². The Morgan fingerprint density at radius 1 is 1.03 bits per heavy atom. The van der Waals surface area contributed by atoms with Gasteiger partial charge < -0.3 is 14.2 Å². The van der Waals surface area contributed by atoms with Crippen molar-refractivity contribution >= 4 is 22.7 Å². The van der Waals surface area contributed by atoms with Crippen molar-refractivity contribution in [2.45, 2.75) is 12.6 Å². The van der Waals surface area contributed by atoms with E-state index in [9.17, 15) is 22.8 Å². The molecule has 1 aromatic carbocycles. The molecule has 0 saturated carbocycles. The number of benzene rings is 1. The predicted octanol–water partition coefficient (Wildman–Crippen LogP) is 3.56. The molecule has 0 radical (unpaired) electrons. The van der Waals surface area contributed by atoms with Gasteiger partial charge in [0.2, 0.25) is 0 Å². The number of fused-ring (bicyclic) bond motifs is 1. The van der Waals surface area contributed by atoms with Crippen molar-refractivity contribution in [3.05, 3.63) is 70.2 Å². The highest BCUT2D eigenvalue weighted by atomic mass is 19.4. The van der Waals surface area contributed by atoms with Crippen LogP contribution in [0, 0.1) is 0 Å². The van der Waals surface area contributed by atoms with Crippen molar-refractivity contribution in [2.24, 2.45) is 0 Å². The molecule has 0 aliphatic carbocycles. The standard InChI is InChI=1S/C21H18F3N3O3/c22-21(23,24)15-6-7-18(25-13-15)26-8-3-9-27(11-10-26)19(28)16-12-14-4-1-2-5-17(14)30-20(16)29/h1-2,4-7,12-13H,3,8-11H2. The molecular weight excluding hydrogens is 399 g/mol. The molecule has 9 heteroatoms. The van der Waals surface area contributed by atoms with Gasteiger partial charge in [0, 0.05) is 37.8 Å². The molecule has 0 unspecified atom stereocenters. The monoisotopic (exact) mass is 417 g/mol. The molecule has 1 fully saturated rings. The molecule has 30 heavy (non-hydrogen) atoms. The van der Waals surface area contributed by atoms with Crippen LogP contribution in [0.3, 0.4) is 0 Å². The van der Waals surface area contributed by atoms with Gasteiger partial charge >= 0.3 is 11.8 Å². The summed E-state index contributed by atoms with van der Waals surface area (Å²) < 4.78 is 43.4. The smallest absolute Gasteiger partial charge is 0.417 e. The highest BCUT2D eigenvalue weighted by molar-refractivity contribution is 5.96. The molecule has 2 aromatic heterocycles. The Morgan fingerprint density at radius 2 is 1.83 bits per heavy atom. The molecule has 3 aromatic rings. The van der Waals surface area contributed by atoms with Crippen LogP contribution in [0.25, 0.3) is 11.0 Å². The third kappa shape index (κ3) is 4.00. The molecule has 0 spiro atoms. The number of alkyl halides is 3. The fourth-order valence-corrected chi connectivity index (χ4v) is 3.47. The molecule has 156 valence electrons. The van der Waals surface area contributed by atoms with Gasteiger partial charge in [-0.3, -0.25) is 4.79 Å². The SMILES string of the molecule is O=C(c1cc2ccccc2oc1=O)N1CCCN(c2ccc(C(F)(F)F)cn2)CC1. The number of carbonyl (C=O) groups is 1. The maximum absolute atomic E-state index is 12.9. The molecule has 1 amide bonds. The number of carbonyl (C=O) groups excluding carboxylic acids is 1. The molecule has 0 atom stereocenters. The van der Waals surface area contributed by atoms with E-state index in [1.807, 2.05) is 4.90 Å². The Labute approximate surface area is 169 Å². The second-order valence-electron chi connectivity index (χ2n) is 7.02. The first-order chi connectivity index (χ1) is 14.3. The zero-order valence-corrected chi connectivity index (χ0v) is 15.9. The van der Waals surface area contributed by atoms with Crippen molar-refractivity contribution in [1.29, 1.82) is 0 Å². The van der Waals surface area contributed by atoms with E-state index in [-0.39, 0.29) is 5.56 Å². The first-order valence-electron chi connectivity index (χ1n) is 9.43. The lowest BCUT2D eigenvalue weighted by Crippen LogP contribution is -2.37. The van der Waals surface area contributed by atoms with Crippen LogP contribution in [0.2, 0.25) is 0 Å². The van der Waals surface area contributed by atoms with Crippen molar-refractivity contribution in [1.82, 2.24) is 9.88 Å². The van der Waals surface area contributed by atoms with E-state index < -0.39 is 23.3 Å². The first kappa shape index (κ1) is 19.9. The molecular formula is C21H18F3N3O3. The highest BCUT2D eigenvalue weighted by Crippen LogP contribution is 2.29. The summed E-state index contributed by atoms with van der Waals surface area (Å²) in [6.45, 7) is 1.66. The van der Waals surface area contributed by atoms with E-state index in [1.54, 1.807) is 29.2 Å². The van der Waals surface area contributed by atoms with Crippen LogP contribution in [-0.2, 0) is 6.18 Å². The van der Waals surface area contributed by atoms with Gasteiger partial charge in [0.25, 0.3) is 5.91 Å². The minimum absolute atomic E-state index is 0.0326. The summed E-state index contributed by atoms with van der Waals surface area (Å²) in [6.07, 6.45) is -3.04. The Hall–Kier alpha value is -3.36. The number of halogens is 3. The lowest BCUT2D eigenvalue weighted by Gasteiger charge is -2.23. The van der Waals surface area contributed by atoms with E-state index in [4.69, 9.17) is 4.42 Å². The topological polar surface area (TPSA) is 66.7 Å². The summed E-state index contributed by atoms with van der Waals surface area (Å²) in [5.41, 5.74) is -1.12. The minimum atomic E-state index is -4.44. The Morgan fingerprint density at radius 3 is 2.57 bits per heavy atom. The lowest BCUT2D eigenvalue weighted by atomic mass is 10.1. The fraction of sp³-hybridized carbons (Fsp3) is 0.286. The minimum Gasteiger partial charge on any atom is -0.422 e. The van der Waals surface area contributed by atoms with Crippen molar-refractivity contribution in [2.75, 3.05) is 31.1 Å². The Bertz CT molecular complexity index is 1130. The van der Waals surface area contributed by atoms with E-state index >= 15 is 0 Å². The number of aromatic nitrogens is 1. The maximum atomic E-state index is 12.9. The van der Waals surface area contributed by atoms with Gasteiger partial charge in [-0.25, -0.2) is 9.78 Å². The summed E-state index contributed by atoms with van der Waals surface area (Å²) in [5, 5.41) is 0.658. The molecule has 0 bridgehead atoms. The normalized spacial score (nSPS) is 15.3. The van der Waals surface area contributed by atoms with Crippen LogP contribution in [0.5, 0.6) is 0 Å². The fourth-order valence-electron chi connectivity index (χ4n) is 3.47. The van der Waals surface area contributed by atoms with Crippen molar-refractivity contribution < 1.29 is 22.4 Å². The zero-order chi connectivity index (χ0) is 21.3. The van der Waals surface area contributed by atoms with Crippen LogP contribution in [0.15, 0.2) is 57.9 Å². The van der Waals surface area contributed by atoms with Gasteiger partial charge in [-0.1, -0.05) is 18.2 Å². The summed E-state index contributed by atoms with van der Waals surface area (Å²) in [4.78, 5) is 32.5. The zero-order valence-electron chi connectivity index (χ0n) is 15.9. The van der Waals surface area contributed by atoms with Gasteiger partial charge in [0.15, 0.2) is 0 Å². The number of para-hydroxylation sites is 1. The first-order valence-corrected chi connectivity index (χ1v) is 9.43. The molecule has 1 aliphatic heterocycles. The second-order valence-corrected chi connectivity index (χ2v) is 7.02. The van der Waals surface area contributed by atoms with Gasteiger partial charge in [-0.05, 0) is 30.7 Å². The summed E-state index contributed by atoms with van der Waals surface area (Å²) in [5.74, 6) is -0.000695. The number of hydrogen-bond acceptors (Lipinski definition) is 5. The van der Waals surface area contributed by atoms with E-state index in [0.29, 0.717) is 49.4 Å². The largest absolute Gasteiger partial charge is 0.422 e. The second kappa shape index (κ2) is 7.81. The average Bonchev–Trinajstić information content (AvgIpc) is 2.98. The highest BCUT2D eigenvalue weighted by Gasteiger charge is 2.31. The van der Waals surface area contributed by atoms with E-state index in [2.05, 4.69) is 4.98 Å². The predicted molar refractivity (Wildman–Crippen MR) is 104 cm³/mol. The van der Waals surface area contributed by atoms with Crippen LogP contribution in [0.1, 0.15) is 22.3 Å². The number of amides is 1. The van der Waals surface area contributed by atoms with Crippen LogP contribution < -0.4 is 10.5 Å². The Kier molecular flexibility index (Phi) is 5.19. The molecule has 1 saturated heterocycles. The average molecular weight is 417 g/mol. The number of pyridine rings is 1. The molecule has 6 nitrogen and oxygen atoms in total. The summed E-state index contributed by atoms with van der Waals surface area (Å²) in [7, 11) is 0. The third-order valence-electron chi connectivity index (χ3n) is 5.05. The van der Waals surface area contributed by atoms with Crippen molar-refractivity contribution in [3.63, 3.8) is 0 Å². The summed E-state index contributed by atoms with van der Waals surface area (Å²) >= 11 is 0. The molecule has 3 heterocycles. The van der Waals surface area contributed by atoms with Crippen LogP contribution in [-0.4, -0.2) is 42.0 Å². The molecule has 4 rings (SSSR count). The van der Waals surface area contributed by atoms with Crippen molar-refractivity contribution in [3.8, 4) is 0 Å². The molecule has 1 aliphatic rings. The number of nitrogens with zero attached hydrogens (tertiary/aromatic N) is 3. The van der Waals surface area contributed by atoms with Gasteiger partial charge in [-0.2, -0.15) is 13.2 Å².